The number of nitrogens with zero attached hydrogens (tertiary/aromatic N) is 3. The molecule has 0 bridgehead atoms. The van der Waals surface area contributed by atoms with Crippen LogP contribution < -0.4 is 0 Å². The number of benzene rings is 1. The minimum Gasteiger partial charge on any atom is -0.360 e. The number of hydrogen-bond donors (Lipinski definition) is 1. The third-order valence-electron chi connectivity index (χ3n) is 5.87. The summed E-state index contributed by atoms with van der Waals surface area (Å²) >= 11 is 0. The molecule has 0 atom stereocenters. The predicted molar refractivity (Wildman–Crippen MR) is 106 cm³/mol. The van der Waals surface area contributed by atoms with Gasteiger partial charge in [-0.15, -0.1) is 0 Å². The number of fused-ring (bicyclic) bond motifs is 2. The molecule has 4 heterocycles. The molecule has 1 saturated heterocycles. The highest BCUT2D eigenvalue weighted by Crippen LogP contribution is 2.33. The lowest BCUT2D eigenvalue weighted by Crippen LogP contribution is -2.32. The standard InChI is InChI=1S/C22H24N4/c1-25-14-17(18-5-2-3-7-21(18)25)15-26-11-8-16(9-12-26)19-13-24-20-6-4-10-23-22(19)20/h2-7,10,13-14,16,24H,8-9,11-12,15H2,1H3. The molecule has 1 fully saturated rings. The van der Waals surface area contributed by atoms with Gasteiger partial charge in [-0.05, 0) is 61.2 Å². The normalized spacial score (nSPS) is 16.7. The first-order valence-corrected chi connectivity index (χ1v) is 9.47. The molecule has 1 N–H and O–H groups in total. The quantitative estimate of drug-likeness (QED) is 0.597. The molecule has 4 heteroatoms. The Bertz CT molecular complexity index is 1050. The summed E-state index contributed by atoms with van der Waals surface area (Å²) in [6.07, 6.45) is 8.76. The molecule has 1 aliphatic heterocycles. The minimum atomic E-state index is 0.613. The fourth-order valence-electron chi connectivity index (χ4n) is 4.48. The average molecular weight is 344 g/mol. The van der Waals surface area contributed by atoms with Crippen LogP contribution >= 0.6 is 0 Å². The van der Waals surface area contributed by atoms with Gasteiger partial charge in [0.05, 0.1) is 11.0 Å². The van der Waals surface area contributed by atoms with E-state index in [1.54, 1.807) is 0 Å². The highest BCUT2D eigenvalue weighted by atomic mass is 15.1. The van der Waals surface area contributed by atoms with Crippen LogP contribution in [0.2, 0.25) is 0 Å². The average Bonchev–Trinajstić information content (AvgIpc) is 3.25. The Labute approximate surface area is 153 Å². The van der Waals surface area contributed by atoms with E-state index in [1.807, 2.05) is 12.3 Å². The van der Waals surface area contributed by atoms with Crippen LogP contribution in [0.3, 0.4) is 0 Å². The number of H-pyrrole nitrogens is 1. The van der Waals surface area contributed by atoms with E-state index < -0.39 is 0 Å². The monoisotopic (exact) mass is 344 g/mol. The first-order valence-electron chi connectivity index (χ1n) is 9.47. The lowest BCUT2D eigenvalue weighted by molar-refractivity contribution is 0.205. The molecule has 0 unspecified atom stereocenters. The molecule has 26 heavy (non-hydrogen) atoms. The smallest absolute Gasteiger partial charge is 0.0913 e. The van der Waals surface area contributed by atoms with E-state index in [2.05, 4.69) is 69.2 Å². The Morgan fingerprint density at radius 1 is 1.12 bits per heavy atom. The Morgan fingerprint density at radius 3 is 2.85 bits per heavy atom. The van der Waals surface area contributed by atoms with Crippen molar-refractivity contribution in [3.63, 3.8) is 0 Å². The minimum absolute atomic E-state index is 0.613. The number of rotatable bonds is 3. The van der Waals surface area contributed by atoms with Crippen molar-refractivity contribution in [2.24, 2.45) is 7.05 Å². The fraction of sp³-hybridized carbons (Fsp3) is 0.318. The van der Waals surface area contributed by atoms with Gasteiger partial charge in [0.15, 0.2) is 0 Å². The SMILES string of the molecule is Cn1cc(CN2CCC(c3c[nH]c4cccnc34)CC2)c2ccccc21. The van der Waals surface area contributed by atoms with Crippen molar-refractivity contribution < 1.29 is 0 Å². The maximum absolute atomic E-state index is 4.59. The predicted octanol–water partition coefficient (Wildman–Crippen LogP) is 4.43. The topological polar surface area (TPSA) is 36.9 Å². The Kier molecular flexibility index (Phi) is 3.79. The molecule has 3 aromatic heterocycles. The van der Waals surface area contributed by atoms with E-state index in [9.17, 15) is 0 Å². The zero-order valence-electron chi connectivity index (χ0n) is 15.2. The molecule has 1 aliphatic rings. The number of aromatic amines is 1. The Hall–Kier alpha value is -2.59. The van der Waals surface area contributed by atoms with Crippen LogP contribution in [-0.4, -0.2) is 32.5 Å². The van der Waals surface area contributed by atoms with Crippen LogP contribution in [0.15, 0.2) is 55.0 Å². The number of piperidine rings is 1. The Balaban J connectivity index is 1.31. The second kappa shape index (κ2) is 6.29. The van der Waals surface area contributed by atoms with Crippen molar-refractivity contribution in [2.75, 3.05) is 13.1 Å². The van der Waals surface area contributed by atoms with Crippen molar-refractivity contribution in [2.45, 2.75) is 25.3 Å². The summed E-state index contributed by atoms with van der Waals surface area (Å²) in [6, 6.07) is 12.8. The van der Waals surface area contributed by atoms with Gasteiger partial charge in [0.2, 0.25) is 0 Å². The third-order valence-corrected chi connectivity index (χ3v) is 5.87. The lowest BCUT2D eigenvalue weighted by Gasteiger charge is -2.31. The third kappa shape index (κ3) is 2.61. The molecular formula is C22H24N4. The molecule has 1 aromatic carbocycles. The van der Waals surface area contributed by atoms with Gasteiger partial charge < -0.3 is 9.55 Å². The van der Waals surface area contributed by atoms with Gasteiger partial charge in [-0.2, -0.15) is 0 Å². The van der Waals surface area contributed by atoms with Crippen molar-refractivity contribution in [3.05, 3.63) is 66.1 Å². The van der Waals surface area contributed by atoms with Crippen LogP contribution in [0.5, 0.6) is 0 Å². The molecule has 0 saturated carbocycles. The van der Waals surface area contributed by atoms with E-state index in [1.165, 1.54) is 34.9 Å². The Morgan fingerprint density at radius 2 is 1.96 bits per heavy atom. The highest BCUT2D eigenvalue weighted by Gasteiger charge is 2.24. The summed E-state index contributed by atoms with van der Waals surface area (Å²) in [5.74, 6) is 0.613. The van der Waals surface area contributed by atoms with E-state index >= 15 is 0 Å². The number of hydrogen-bond acceptors (Lipinski definition) is 2. The molecule has 0 spiro atoms. The first kappa shape index (κ1) is 15.6. The molecule has 4 nitrogen and oxygen atoms in total. The molecule has 132 valence electrons. The largest absolute Gasteiger partial charge is 0.360 e. The van der Waals surface area contributed by atoms with Crippen molar-refractivity contribution in [1.29, 1.82) is 0 Å². The number of para-hydroxylation sites is 1. The van der Waals surface area contributed by atoms with Crippen LogP contribution in [-0.2, 0) is 13.6 Å². The van der Waals surface area contributed by atoms with Crippen molar-refractivity contribution >= 4 is 21.9 Å². The van der Waals surface area contributed by atoms with Crippen molar-refractivity contribution in [1.82, 2.24) is 19.4 Å². The van der Waals surface area contributed by atoms with Gasteiger partial charge in [0, 0.05) is 43.1 Å². The van der Waals surface area contributed by atoms with Gasteiger partial charge in [-0.25, -0.2) is 0 Å². The summed E-state index contributed by atoms with van der Waals surface area (Å²) in [5.41, 5.74) is 6.46. The zero-order chi connectivity index (χ0) is 17.5. The molecular weight excluding hydrogens is 320 g/mol. The lowest BCUT2D eigenvalue weighted by atomic mass is 9.90. The molecule has 4 aromatic rings. The van der Waals surface area contributed by atoms with Crippen LogP contribution in [0.4, 0.5) is 0 Å². The number of pyridine rings is 1. The van der Waals surface area contributed by atoms with Crippen LogP contribution in [0.25, 0.3) is 21.9 Å². The van der Waals surface area contributed by atoms with Gasteiger partial charge in [0.25, 0.3) is 0 Å². The maximum atomic E-state index is 4.59. The summed E-state index contributed by atoms with van der Waals surface area (Å²) in [5, 5.41) is 1.39. The summed E-state index contributed by atoms with van der Waals surface area (Å²) in [6.45, 7) is 3.33. The molecule has 0 aliphatic carbocycles. The van der Waals surface area contributed by atoms with E-state index in [4.69, 9.17) is 0 Å². The number of aryl methyl sites for hydroxylation is 1. The fourth-order valence-corrected chi connectivity index (χ4v) is 4.48. The van der Waals surface area contributed by atoms with Gasteiger partial charge >= 0.3 is 0 Å². The van der Waals surface area contributed by atoms with Crippen LogP contribution in [0.1, 0.15) is 29.9 Å². The van der Waals surface area contributed by atoms with E-state index in [-0.39, 0.29) is 0 Å². The molecule has 0 radical (unpaired) electrons. The highest BCUT2D eigenvalue weighted by molar-refractivity contribution is 5.83. The second-order valence-electron chi connectivity index (χ2n) is 7.48. The van der Waals surface area contributed by atoms with Crippen LogP contribution in [0, 0.1) is 0 Å². The van der Waals surface area contributed by atoms with Gasteiger partial charge in [-0.3, -0.25) is 9.88 Å². The number of nitrogens with one attached hydrogen (secondary N) is 1. The maximum Gasteiger partial charge on any atom is 0.0913 e. The summed E-state index contributed by atoms with van der Waals surface area (Å²) in [7, 11) is 2.14. The van der Waals surface area contributed by atoms with Crippen molar-refractivity contribution in [3.8, 4) is 0 Å². The zero-order valence-corrected chi connectivity index (χ0v) is 15.2. The number of likely N-dealkylation sites (tertiary alicyclic amines) is 1. The summed E-state index contributed by atoms with van der Waals surface area (Å²) < 4.78 is 2.25. The number of aromatic nitrogens is 3. The van der Waals surface area contributed by atoms with E-state index in [0.717, 1.165) is 30.7 Å². The second-order valence-corrected chi connectivity index (χ2v) is 7.48. The van der Waals surface area contributed by atoms with Gasteiger partial charge in [-0.1, -0.05) is 18.2 Å². The van der Waals surface area contributed by atoms with Gasteiger partial charge in [0.1, 0.15) is 0 Å². The summed E-state index contributed by atoms with van der Waals surface area (Å²) in [4.78, 5) is 10.6. The molecule has 0 amide bonds. The first-order chi connectivity index (χ1) is 12.8. The molecule has 5 rings (SSSR count). The van der Waals surface area contributed by atoms with E-state index in [0.29, 0.717) is 5.92 Å².